The molecule has 0 saturated carbocycles. The van der Waals surface area contributed by atoms with Crippen LogP contribution < -0.4 is 10.6 Å². The summed E-state index contributed by atoms with van der Waals surface area (Å²) in [5, 5.41) is 6.33. The lowest BCUT2D eigenvalue weighted by Gasteiger charge is -2.13. The number of carbonyl (C=O) groups is 1. The Bertz CT molecular complexity index is 304. The van der Waals surface area contributed by atoms with Gasteiger partial charge in [-0.15, -0.1) is 30.6 Å². The number of hydrogen-bond acceptors (Lipinski definition) is 2. The summed E-state index contributed by atoms with van der Waals surface area (Å²) in [6.07, 6.45) is 4.03. The Morgan fingerprint density at radius 3 is 2.50 bits per heavy atom. The van der Waals surface area contributed by atoms with Gasteiger partial charge in [-0.05, 0) is 18.8 Å². The second-order valence-electron chi connectivity index (χ2n) is 5.09. The fraction of sp³-hybridized carbons (Fsp3) is 0.714. The summed E-state index contributed by atoms with van der Waals surface area (Å²) in [6.45, 7) is 9.72. The van der Waals surface area contributed by atoms with E-state index in [0.29, 0.717) is 18.4 Å². The van der Waals surface area contributed by atoms with Crippen molar-refractivity contribution in [3.05, 3.63) is 12.7 Å². The van der Waals surface area contributed by atoms with E-state index in [1.807, 2.05) is 0 Å². The van der Waals surface area contributed by atoms with Crippen LogP contribution in [-0.2, 0) is 4.79 Å². The molecule has 0 radical (unpaired) electrons. The van der Waals surface area contributed by atoms with Crippen LogP contribution >= 0.6 is 24.0 Å². The average Bonchev–Trinajstić information content (AvgIpc) is 2.35. The second-order valence-corrected chi connectivity index (χ2v) is 5.09. The molecule has 0 bridgehead atoms. The first-order valence-electron chi connectivity index (χ1n) is 6.80. The lowest BCUT2D eigenvalue weighted by molar-refractivity contribution is -0.127. The summed E-state index contributed by atoms with van der Waals surface area (Å²) in [5.41, 5.74) is 0. The average molecular weight is 396 g/mol. The fourth-order valence-electron chi connectivity index (χ4n) is 1.35. The molecule has 1 amide bonds. The van der Waals surface area contributed by atoms with E-state index in [1.165, 1.54) is 11.3 Å². The van der Waals surface area contributed by atoms with Crippen molar-refractivity contribution in [2.24, 2.45) is 10.9 Å². The highest BCUT2D eigenvalue weighted by molar-refractivity contribution is 14.0. The van der Waals surface area contributed by atoms with Crippen LogP contribution in [0.1, 0.15) is 26.7 Å². The minimum absolute atomic E-state index is 0. The number of hydrogen-bond donors (Lipinski definition) is 2. The van der Waals surface area contributed by atoms with Crippen molar-refractivity contribution in [2.45, 2.75) is 26.7 Å². The van der Waals surface area contributed by atoms with Crippen molar-refractivity contribution < 1.29 is 4.79 Å². The number of guanidine groups is 1. The van der Waals surface area contributed by atoms with Crippen molar-refractivity contribution in [1.29, 1.82) is 0 Å². The predicted molar refractivity (Wildman–Crippen MR) is 96.7 cm³/mol. The van der Waals surface area contributed by atoms with Gasteiger partial charge in [-0.1, -0.05) is 19.9 Å². The topological polar surface area (TPSA) is 56.7 Å². The minimum atomic E-state index is -0.0121. The van der Waals surface area contributed by atoms with E-state index < -0.39 is 0 Å². The van der Waals surface area contributed by atoms with Crippen molar-refractivity contribution >= 4 is 35.8 Å². The van der Waals surface area contributed by atoms with Gasteiger partial charge in [0.05, 0.1) is 0 Å². The van der Waals surface area contributed by atoms with Gasteiger partial charge in [0.2, 0.25) is 5.91 Å². The van der Waals surface area contributed by atoms with E-state index >= 15 is 0 Å². The van der Waals surface area contributed by atoms with Crippen LogP contribution in [0.2, 0.25) is 0 Å². The Labute approximate surface area is 140 Å². The molecule has 0 aromatic carbocycles. The molecule has 0 atom stereocenters. The highest BCUT2D eigenvalue weighted by Gasteiger charge is 2.03. The Balaban J connectivity index is 0. The quantitative estimate of drug-likeness (QED) is 0.217. The molecule has 0 spiro atoms. The molecule has 0 saturated heterocycles. The number of nitrogens with zero attached hydrogens (tertiary/aromatic N) is 2. The molecule has 0 aliphatic carbocycles. The summed E-state index contributed by atoms with van der Waals surface area (Å²) in [4.78, 5) is 17.3. The van der Waals surface area contributed by atoms with E-state index in [2.05, 4.69) is 36.1 Å². The zero-order chi connectivity index (χ0) is 14.7. The molecule has 0 aromatic rings. The SMILES string of the molecule is C=CCNC(=NCC(=O)N(C)C)NCCCC(C)C.I. The van der Waals surface area contributed by atoms with Crippen molar-refractivity contribution in [3.63, 3.8) is 0 Å². The van der Waals surface area contributed by atoms with E-state index in [4.69, 9.17) is 0 Å². The van der Waals surface area contributed by atoms with Gasteiger partial charge < -0.3 is 15.5 Å². The van der Waals surface area contributed by atoms with Gasteiger partial charge in [-0.25, -0.2) is 4.99 Å². The van der Waals surface area contributed by atoms with E-state index in [1.54, 1.807) is 20.2 Å². The first-order valence-corrected chi connectivity index (χ1v) is 6.80. The van der Waals surface area contributed by atoms with Gasteiger partial charge in [0.25, 0.3) is 0 Å². The molecule has 0 rings (SSSR count). The molecule has 0 aromatic heterocycles. The van der Waals surface area contributed by atoms with Crippen molar-refractivity contribution in [3.8, 4) is 0 Å². The standard InChI is InChI=1S/C14H28N4O.HI/c1-6-9-15-14(16-10-7-8-12(2)3)17-11-13(19)18(4)5;/h6,12H,1,7-11H2,2-5H3,(H2,15,16,17);1H. The van der Waals surface area contributed by atoms with Gasteiger partial charge in [-0.3, -0.25) is 4.79 Å². The Kier molecular flexibility index (Phi) is 14.2. The molecule has 0 aliphatic rings. The molecule has 118 valence electrons. The Morgan fingerprint density at radius 1 is 1.35 bits per heavy atom. The highest BCUT2D eigenvalue weighted by atomic mass is 127. The zero-order valence-corrected chi connectivity index (χ0v) is 15.4. The van der Waals surface area contributed by atoms with Gasteiger partial charge in [0.1, 0.15) is 6.54 Å². The number of carbonyl (C=O) groups excluding carboxylic acids is 1. The van der Waals surface area contributed by atoms with Crippen molar-refractivity contribution in [2.75, 3.05) is 33.7 Å². The number of aliphatic imine (C=N–C) groups is 1. The number of rotatable bonds is 8. The van der Waals surface area contributed by atoms with E-state index in [9.17, 15) is 4.79 Å². The van der Waals surface area contributed by atoms with Gasteiger partial charge in [-0.2, -0.15) is 0 Å². The van der Waals surface area contributed by atoms with Crippen LogP contribution in [0.4, 0.5) is 0 Å². The molecule has 6 heteroatoms. The van der Waals surface area contributed by atoms with Crippen LogP contribution in [0.15, 0.2) is 17.6 Å². The van der Waals surface area contributed by atoms with Gasteiger partial charge in [0.15, 0.2) is 5.96 Å². The molecule has 2 N–H and O–H groups in total. The number of amides is 1. The van der Waals surface area contributed by atoms with Crippen LogP contribution in [0.5, 0.6) is 0 Å². The summed E-state index contributed by atoms with van der Waals surface area (Å²) >= 11 is 0. The summed E-state index contributed by atoms with van der Waals surface area (Å²) in [6, 6.07) is 0. The van der Waals surface area contributed by atoms with Crippen LogP contribution in [0, 0.1) is 5.92 Å². The molecular formula is C14H29IN4O. The maximum atomic E-state index is 11.5. The third-order valence-electron chi connectivity index (χ3n) is 2.54. The first kappa shape index (κ1) is 21.5. The molecule has 5 nitrogen and oxygen atoms in total. The Morgan fingerprint density at radius 2 is 2.00 bits per heavy atom. The molecular weight excluding hydrogens is 367 g/mol. The van der Waals surface area contributed by atoms with E-state index in [-0.39, 0.29) is 36.4 Å². The molecule has 0 heterocycles. The summed E-state index contributed by atoms with van der Waals surface area (Å²) in [7, 11) is 3.45. The minimum Gasteiger partial charge on any atom is -0.356 e. The molecule has 0 fully saturated rings. The third-order valence-corrected chi connectivity index (χ3v) is 2.54. The largest absolute Gasteiger partial charge is 0.356 e. The first-order chi connectivity index (χ1) is 8.97. The Hall–Kier alpha value is -0.790. The third kappa shape index (κ3) is 12.3. The number of likely N-dealkylation sites (N-methyl/N-ethyl adjacent to an activating group) is 1. The lowest BCUT2D eigenvalue weighted by atomic mass is 10.1. The molecule has 0 aliphatic heterocycles. The summed E-state index contributed by atoms with van der Waals surface area (Å²) < 4.78 is 0. The zero-order valence-electron chi connectivity index (χ0n) is 13.1. The number of nitrogens with one attached hydrogen (secondary N) is 2. The molecule has 0 unspecified atom stereocenters. The monoisotopic (exact) mass is 396 g/mol. The van der Waals surface area contributed by atoms with Gasteiger partial charge >= 0.3 is 0 Å². The second kappa shape index (κ2) is 13.2. The fourth-order valence-corrected chi connectivity index (χ4v) is 1.35. The smallest absolute Gasteiger partial charge is 0.243 e. The van der Waals surface area contributed by atoms with Crippen LogP contribution in [0.25, 0.3) is 0 Å². The normalized spacial score (nSPS) is 10.8. The maximum absolute atomic E-state index is 11.5. The van der Waals surface area contributed by atoms with Crippen LogP contribution in [-0.4, -0.2) is 50.5 Å². The lowest BCUT2D eigenvalue weighted by Crippen LogP contribution is -2.39. The van der Waals surface area contributed by atoms with Crippen LogP contribution in [0.3, 0.4) is 0 Å². The van der Waals surface area contributed by atoms with E-state index in [0.717, 1.165) is 13.0 Å². The van der Waals surface area contributed by atoms with Crippen molar-refractivity contribution in [1.82, 2.24) is 15.5 Å². The predicted octanol–water partition coefficient (Wildman–Crippen LogP) is 1.85. The maximum Gasteiger partial charge on any atom is 0.243 e. The highest BCUT2D eigenvalue weighted by Crippen LogP contribution is 2.01. The van der Waals surface area contributed by atoms with Gasteiger partial charge in [0, 0.05) is 27.2 Å². The molecule has 20 heavy (non-hydrogen) atoms. The summed E-state index contributed by atoms with van der Waals surface area (Å²) in [5.74, 6) is 1.36. The number of halogens is 1.